The number of amides is 2. The second kappa shape index (κ2) is 14.6. The largest absolute Gasteiger partial charge is 0.444 e. The molecule has 0 aliphatic carbocycles. The Hall–Kier alpha value is -3.93. The van der Waals surface area contributed by atoms with Crippen molar-refractivity contribution in [3.05, 3.63) is 59.7 Å². The van der Waals surface area contributed by atoms with Crippen LogP contribution in [0, 0.1) is 0 Å². The van der Waals surface area contributed by atoms with Crippen LogP contribution in [0.2, 0.25) is 0 Å². The van der Waals surface area contributed by atoms with Crippen molar-refractivity contribution in [3.8, 4) is 0 Å². The van der Waals surface area contributed by atoms with Gasteiger partial charge in [-0.1, -0.05) is 6.08 Å². The molecular formula is C29H40BrN7O4. The number of imidazole rings is 1. The normalized spacial score (nSPS) is 11.4. The van der Waals surface area contributed by atoms with E-state index >= 15 is 0 Å². The first-order valence-corrected chi connectivity index (χ1v) is 13.8. The zero-order chi connectivity index (χ0) is 30.8. The molecule has 0 saturated heterocycles. The van der Waals surface area contributed by atoms with Crippen LogP contribution >= 0.6 is 15.9 Å². The number of anilines is 3. The first kappa shape index (κ1) is 33.3. The molecule has 3 rings (SSSR count). The van der Waals surface area contributed by atoms with Gasteiger partial charge in [0.1, 0.15) is 15.8 Å². The van der Waals surface area contributed by atoms with Crippen molar-refractivity contribution >= 4 is 57.7 Å². The van der Waals surface area contributed by atoms with Crippen LogP contribution in [0.4, 0.5) is 26.8 Å². The predicted octanol–water partition coefficient (Wildman–Crippen LogP) is 6.75. The molecule has 1 N–H and O–H groups in total. The number of allylic oxidation sites excluding steroid dienone is 1. The lowest BCUT2D eigenvalue weighted by molar-refractivity contribution is 0.0527. The summed E-state index contributed by atoms with van der Waals surface area (Å²) in [7, 11) is 1.92. The van der Waals surface area contributed by atoms with E-state index < -0.39 is 23.4 Å². The molecule has 0 unspecified atom stereocenters. The van der Waals surface area contributed by atoms with Gasteiger partial charge in [0.25, 0.3) is 0 Å². The second-order valence-electron chi connectivity index (χ2n) is 10.9. The van der Waals surface area contributed by atoms with Gasteiger partial charge in [0, 0.05) is 50.6 Å². The second-order valence-corrected chi connectivity index (χ2v) is 11.7. The third kappa shape index (κ3) is 10.9. The molecule has 2 amide bonds. The molecule has 0 aliphatic heterocycles. The van der Waals surface area contributed by atoms with Crippen molar-refractivity contribution < 1.29 is 19.1 Å². The highest BCUT2D eigenvalue weighted by Crippen LogP contribution is 2.31. The standard InChI is InChI=1S/C25H33BrN6O4.C4H7N/c1-24(2,3)35-22(33)28-12-14-30(7)17-8-10-18(11-9-17)32(23(34)36-25(4,5)6)21-20-27-13-15-31(20)16-19(26)29-21;1-3-4-5-2/h8-11,13,15-16H,12,14H2,1-7H3,(H,28,33);3-4H,2H2,1H3/b;4-3-. The molecule has 11 nitrogen and oxygen atoms in total. The number of halogens is 1. The van der Waals surface area contributed by atoms with Crippen molar-refractivity contribution in [2.75, 3.05) is 29.9 Å². The van der Waals surface area contributed by atoms with Crippen molar-refractivity contribution in [1.82, 2.24) is 19.7 Å². The fraction of sp³-hybridized carbons (Fsp3) is 0.414. The highest BCUT2D eigenvalue weighted by molar-refractivity contribution is 9.10. The van der Waals surface area contributed by atoms with Crippen molar-refractivity contribution in [2.45, 2.75) is 59.7 Å². The first-order valence-electron chi connectivity index (χ1n) is 13.0. The zero-order valence-electron chi connectivity index (χ0n) is 25.0. The molecule has 12 heteroatoms. The molecule has 3 aromatic rings. The molecule has 0 spiro atoms. The molecule has 0 saturated carbocycles. The molecule has 222 valence electrons. The highest BCUT2D eigenvalue weighted by Gasteiger charge is 2.28. The maximum absolute atomic E-state index is 13.3. The summed E-state index contributed by atoms with van der Waals surface area (Å²) in [5, 5.41) is 2.75. The summed E-state index contributed by atoms with van der Waals surface area (Å²) in [6.07, 6.45) is 7.63. The van der Waals surface area contributed by atoms with E-state index in [1.54, 1.807) is 29.2 Å². The van der Waals surface area contributed by atoms with Gasteiger partial charge in [0.15, 0.2) is 11.5 Å². The number of likely N-dealkylation sites (N-methyl/N-ethyl adjacent to an activating group) is 1. The summed E-state index contributed by atoms with van der Waals surface area (Å²) in [4.78, 5) is 40.9. The number of carbonyl (C=O) groups excluding carboxylic acids is 2. The monoisotopic (exact) mass is 629 g/mol. The molecular weight excluding hydrogens is 590 g/mol. The summed E-state index contributed by atoms with van der Waals surface area (Å²) in [6, 6.07) is 7.42. The van der Waals surface area contributed by atoms with Gasteiger partial charge < -0.3 is 24.1 Å². The number of nitrogens with one attached hydrogen (secondary N) is 1. The van der Waals surface area contributed by atoms with E-state index in [1.807, 2.05) is 90.8 Å². The average molecular weight is 631 g/mol. The Morgan fingerprint density at radius 3 is 2.24 bits per heavy atom. The molecule has 2 aromatic heterocycles. The van der Waals surface area contributed by atoms with Crippen LogP contribution in [-0.2, 0) is 9.47 Å². The number of carbonyl (C=O) groups is 2. The number of aliphatic imine (C=N–C) groups is 1. The van der Waals surface area contributed by atoms with E-state index in [9.17, 15) is 9.59 Å². The number of aromatic nitrogens is 3. The summed E-state index contributed by atoms with van der Waals surface area (Å²) in [5.41, 5.74) is 0.745. The van der Waals surface area contributed by atoms with Crippen LogP contribution in [0.15, 0.2) is 64.7 Å². The van der Waals surface area contributed by atoms with Gasteiger partial charge >= 0.3 is 12.2 Å². The number of hydrogen-bond donors (Lipinski definition) is 1. The minimum Gasteiger partial charge on any atom is -0.444 e. The fourth-order valence-corrected chi connectivity index (χ4v) is 3.78. The van der Waals surface area contributed by atoms with Crippen LogP contribution in [0.5, 0.6) is 0 Å². The summed E-state index contributed by atoms with van der Waals surface area (Å²) < 4.78 is 13.3. The lowest BCUT2D eigenvalue weighted by Crippen LogP contribution is -2.37. The van der Waals surface area contributed by atoms with E-state index in [1.165, 1.54) is 4.90 Å². The Bertz CT molecular complexity index is 1340. The quantitative estimate of drug-likeness (QED) is 0.288. The average Bonchev–Trinajstić information content (AvgIpc) is 3.32. The third-order valence-electron chi connectivity index (χ3n) is 5.03. The Labute approximate surface area is 250 Å². The highest BCUT2D eigenvalue weighted by atomic mass is 79.9. The van der Waals surface area contributed by atoms with Gasteiger partial charge in [0.05, 0.1) is 5.69 Å². The molecule has 1 aromatic carbocycles. The minimum atomic E-state index is -0.700. The van der Waals surface area contributed by atoms with Gasteiger partial charge in [-0.2, -0.15) is 0 Å². The van der Waals surface area contributed by atoms with E-state index in [4.69, 9.17) is 9.47 Å². The van der Waals surface area contributed by atoms with Gasteiger partial charge in [0.2, 0.25) is 0 Å². The number of nitrogens with zero attached hydrogens (tertiary/aromatic N) is 6. The van der Waals surface area contributed by atoms with Gasteiger partial charge in [-0.25, -0.2) is 24.5 Å². The Morgan fingerprint density at radius 2 is 1.71 bits per heavy atom. The number of hydrogen-bond acceptors (Lipinski definition) is 8. The zero-order valence-corrected chi connectivity index (χ0v) is 26.6. The smallest absolute Gasteiger partial charge is 0.420 e. The van der Waals surface area contributed by atoms with E-state index in [2.05, 4.69) is 42.9 Å². The predicted molar refractivity (Wildman–Crippen MR) is 167 cm³/mol. The van der Waals surface area contributed by atoms with Crippen molar-refractivity contribution in [3.63, 3.8) is 0 Å². The molecule has 0 atom stereocenters. The van der Waals surface area contributed by atoms with Gasteiger partial charge in [-0.3, -0.25) is 4.99 Å². The molecule has 0 fully saturated rings. The first-order chi connectivity index (χ1) is 19.1. The van der Waals surface area contributed by atoms with E-state index in [-0.39, 0.29) is 0 Å². The summed E-state index contributed by atoms with van der Waals surface area (Å²) in [5.74, 6) is 0.339. The lowest BCUT2D eigenvalue weighted by atomic mass is 10.2. The molecule has 0 bridgehead atoms. The maximum Gasteiger partial charge on any atom is 0.420 e. The Morgan fingerprint density at radius 1 is 1.10 bits per heavy atom. The number of ether oxygens (including phenoxy) is 2. The molecule has 2 heterocycles. The number of benzene rings is 1. The minimum absolute atomic E-state index is 0.339. The number of fused-ring (bicyclic) bond motifs is 1. The topological polar surface area (TPSA) is 114 Å². The van der Waals surface area contributed by atoms with Crippen LogP contribution < -0.4 is 15.1 Å². The maximum atomic E-state index is 13.3. The van der Waals surface area contributed by atoms with Crippen LogP contribution in [0.3, 0.4) is 0 Å². The molecule has 41 heavy (non-hydrogen) atoms. The van der Waals surface area contributed by atoms with E-state index in [0.29, 0.717) is 34.8 Å². The SMILES string of the molecule is C=N/C=C\C.CN(CCNC(=O)OC(C)(C)C)c1ccc(N(C(=O)OC(C)(C)C)c2nc(Br)cn3ccnc23)cc1. The van der Waals surface area contributed by atoms with Gasteiger partial charge in [-0.05, 0) is 95.4 Å². The van der Waals surface area contributed by atoms with Crippen LogP contribution in [0.1, 0.15) is 48.5 Å². The molecule has 0 aliphatic rings. The number of rotatable bonds is 7. The van der Waals surface area contributed by atoms with Crippen LogP contribution in [0.25, 0.3) is 5.65 Å². The fourth-order valence-electron chi connectivity index (χ4n) is 3.39. The Kier molecular flexibility index (Phi) is 11.9. The summed E-state index contributed by atoms with van der Waals surface area (Å²) >= 11 is 3.42. The summed E-state index contributed by atoms with van der Waals surface area (Å²) in [6.45, 7) is 17.0. The molecule has 0 radical (unpaired) electrons. The Balaban J connectivity index is 0.00000108. The van der Waals surface area contributed by atoms with E-state index in [0.717, 1.165) is 5.69 Å². The van der Waals surface area contributed by atoms with Gasteiger partial charge in [-0.15, -0.1) is 0 Å². The van der Waals surface area contributed by atoms with Crippen LogP contribution in [-0.4, -0.2) is 64.6 Å². The lowest BCUT2D eigenvalue weighted by Gasteiger charge is -2.27. The number of alkyl carbamates (subject to hydrolysis) is 1. The van der Waals surface area contributed by atoms with Crippen molar-refractivity contribution in [1.29, 1.82) is 0 Å². The third-order valence-corrected chi connectivity index (χ3v) is 5.42. The van der Waals surface area contributed by atoms with Crippen molar-refractivity contribution in [2.24, 2.45) is 4.99 Å².